The van der Waals surface area contributed by atoms with Gasteiger partial charge in [0.25, 0.3) is 0 Å². The molecule has 152 valence electrons. The van der Waals surface area contributed by atoms with Gasteiger partial charge in [-0.1, -0.05) is 6.07 Å². The summed E-state index contributed by atoms with van der Waals surface area (Å²) in [6.45, 7) is 3.46. The van der Waals surface area contributed by atoms with E-state index in [1.807, 2.05) is 12.1 Å². The van der Waals surface area contributed by atoms with Crippen molar-refractivity contribution in [1.29, 1.82) is 0 Å². The Bertz CT molecular complexity index is 1060. The molecular formula is C21H25IN6O. The van der Waals surface area contributed by atoms with Crippen LogP contribution < -0.4 is 11.1 Å². The number of hydrogen-bond acceptors (Lipinski definition) is 6. The monoisotopic (exact) mass is 504 g/mol. The maximum absolute atomic E-state index is 10.2. The lowest BCUT2D eigenvalue weighted by molar-refractivity contribution is 0.0739. The summed E-state index contributed by atoms with van der Waals surface area (Å²) in [7, 11) is 0. The molecule has 4 N–H and O–H groups in total. The van der Waals surface area contributed by atoms with Crippen LogP contribution in [-0.4, -0.2) is 36.8 Å². The number of nitrogens with two attached hydrogens (primary N) is 1. The van der Waals surface area contributed by atoms with Gasteiger partial charge in [-0.05, 0) is 68.2 Å². The van der Waals surface area contributed by atoms with Gasteiger partial charge in [0.15, 0.2) is 5.65 Å². The van der Waals surface area contributed by atoms with Crippen molar-refractivity contribution in [2.45, 2.75) is 63.1 Å². The normalized spacial score (nSPS) is 24.3. The van der Waals surface area contributed by atoms with Crippen molar-refractivity contribution in [3.63, 3.8) is 0 Å². The molecule has 2 saturated heterocycles. The van der Waals surface area contributed by atoms with Gasteiger partial charge >= 0.3 is 0 Å². The summed E-state index contributed by atoms with van der Waals surface area (Å²) >= 11 is 2.32. The number of nitrogen functional groups attached to an aromatic ring is 1. The lowest BCUT2D eigenvalue weighted by atomic mass is 9.89. The molecule has 2 aliphatic heterocycles. The number of piperidine rings is 1. The minimum absolute atomic E-state index is 0.423. The van der Waals surface area contributed by atoms with Crippen LogP contribution in [0.3, 0.4) is 0 Å². The largest absolute Gasteiger partial charge is 0.384 e. The molecule has 29 heavy (non-hydrogen) atoms. The lowest BCUT2D eigenvalue weighted by Crippen LogP contribution is -2.37. The predicted octanol–water partition coefficient (Wildman–Crippen LogP) is 3.20. The van der Waals surface area contributed by atoms with E-state index < -0.39 is 5.60 Å². The van der Waals surface area contributed by atoms with E-state index in [2.05, 4.69) is 38.0 Å². The van der Waals surface area contributed by atoms with Gasteiger partial charge < -0.3 is 16.2 Å². The van der Waals surface area contributed by atoms with E-state index in [0.29, 0.717) is 29.5 Å². The average molecular weight is 504 g/mol. The second kappa shape index (κ2) is 6.88. The van der Waals surface area contributed by atoms with Crippen molar-refractivity contribution in [3.05, 3.63) is 39.5 Å². The Balaban J connectivity index is 1.58. The standard InChI is InChI=1S/C21H25IN6O/c1-21(2,29)16-6-3-11(9-24-16)15-10-25-28-19(23)17(22)18(27-20(15)28)12-7-13-4-5-14(8-12)26-13/h3,6,9-10,12-14,26,29H,4-5,7-8,23H2,1-2H3/t12-,13-,14?/m1/s1. The van der Waals surface area contributed by atoms with Crippen LogP contribution in [0.2, 0.25) is 0 Å². The maximum Gasteiger partial charge on any atom is 0.165 e. The molecule has 7 nitrogen and oxygen atoms in total. The van der Waals surface area contributed by atoms with Crippen molar-refractivity contribution >= 4 is 34.1 Å². The number of rotatable bonds is 3. The number of anilines is 1. The first kappa shape index (κ1) is 19.2. The maximum atomic E-state index is 10.2. The highest BCUT2D eigenvalue weighted by Crippen LogP contribution is 2.40. The molecule has 0 radical (unpaired) electrons. The predicted molar refractivity (Wildman–Crippen MR) is 121 cm³/mol. The molecule has 3 atom stereocenters. The number of hydrogen-bond donors (Lipinski definition) is 3. The van der Waals surface area contributed by atoms with E-state index in [1.54, 1.807) is 30.8 Å². The van der Waals surface area contributed by atoms with Crippen molar-refractivity contribution < 1.29 is 5.11 Å². The van der Waals surface area contributed by atoms with Crippen LogP contribution in [0.1, 0.15) is 56.8 Å². The minimum Gasteiger partial charge on any atom is -0.384 e. The summed E-state index contributed by atoms with van der Waals surface area (Å²) in [6, 6.07) is 4.99. The molecule has 5 rings (SSSR count). The van der Waals surface area contributed by atoms with E-state index in [9.17, 15) is 5.11 Å². The zero-order valence-corrected chi connectivity index (χ0v) is 18.7. The molecular weight excluding hydrogens is 479 g/mol. The van der Waals surface area contributed by atoms with Gasteiger partial charge in [0.1, 0.15) is 11.4 Å². The third-order valence-electron chi connectivity index (χ3n) is 6.21. The Morgan fingerprint density at radius 3 is 2.55 bits per heavy atom. The van der Waals surface area contributed by atoms with E-state index >= 15 is 0 Å². The molecule has 1 unspecified atom stereocenters. The van der Waals surface area contributed by atoms with Gasteiger partial charge in [-0.2, -0.15) is 9.61 Å². The van der Waals surface area contributed by atoms with Crippen LogP contribution in [0.15, 0.2) is 24.5 Å². The summed E-state index contributed by atoms with van der Waals surface area (Å²) in [5.74, 6) is 1.06. The molecule has 5 heterocycles. The fourth-order valence-corrected chi connectivity index (χ4v) is 5.47. The van der Waals surface area contributed by atoms with Gasteiger partial charge in [-0.25, -0.2) is 4.98 Å². The second-order valence-electron chi connectivity index (χ2n) is 8.79. The van der Waals surface area contributed by atoms with Crippen molar-refractivity contribution in [1.82, 2.24) is 24.9 Å². The molecule has 0 spiro atoms. The Hall–Kier alpha value is -1.78. The third-order valence-corrected chi connectivity index (χ3v) is 7.31. The molecule has 8 heteroatoms. The highest BCUT2D eigenvalue weighted by Gasteiger charge is 2.36. The number of aliphatic hydroxyl groups is 1. The van der Waals surface area contributed by atoms with Gasteiger partial charge in [0, 0.05) is 35.3 Å². The fraction of sp³-hybridized carbons (Fsp3) is 0.476. The topological polar surface area (TPSA) is 101 Å². The van der Waals surface area contributed by atoms with Gasteiger partial charge in [-0.15, -0.1) is 0 Å². The zero-order valence-electron chi connectivity index (χ0n) is 16.6. The Morgan fingerprint density at radius 1 is 1.21 bits per heavy atom. The van der Waals surface area contributed by atoms with Crippen LogP contribution >= 0.6 is 22.6 Å². The molecule has 2 fully saturated rings. The van der Waals surface area contributed by atoms with Crippen LogP contribution in [0.25, 0.3) is 16.8 Å². The number of fused-ring (bicyclic) bond motifs is 3. The molecule has 0 amide bonds. The van der Waals surface area contributed by atoms with Gasteiger partial charge in [0.05, 0.1) is 21.2 Å². The summed E-state index contributed by atoms with van der Waals surface area (Å²) in [4.78, 5) is 9.51. The van der Waals surface area contributed by atoms with Gasteiger partial charge in [-0.3, -0.25) is 4.98 Å². The minimum atomic E-state index is -0.972. The average Bonchev–Trinajstić information content (AvgIpc) is 3.26. The van der Waals surface area contributed by atoms with Gasteiger partial charge in [0.2, 0.25) is 0 Å². The zero-order chi connectivity index (χ0) is 20.3. The highest BCUT2D eigenvalue weighted by atomic mass is 127. The van der Waals surface area contributed by atoms with E-state index in [0.717, 1.165) is 38.9 Å². The second-order valence-corrected chi connectivity index (χ2v) is 9.87. The lowest BCUT2D eigenvalue weighted by Gasteiger charge is -2.29. The molecule has 3 aromatic heterocycles. The molecule has 2 aliphatic rings. The molecule has 0 aromatic carbocycles. The van der Waals surface area contributed by atoms with Crippen molar-refractivity contribution in [2.75, 3.05) is 5.73 Å². The number of pyridine rings is 1. The number of nitrogens with zero attached hydrogens (tertiary/aromatic N) is 4. The smallest absolute Gasteiger partial charge is 0.165 e. The highest BCUT2D eigenvalue weighted by molar-refractivity contribution is 14.1. The van der Waals surface area contributed by atoms with Crippen LogP contribution in [-0.2, 0) is 5.60 Å². The summed E-state index contributed by atoms with van der Waals surface area (Å²) < 4.78 is 2.73. The first-order valence-electron chi connectivity index (χ1n) is 10.1. The first-order valence-corrected chi connectivity index (χ1v) is 11.2. The van der Waals surface area contributed by atoms with E-state index in [4.69, 9.17) is 10.7 Å². The van der Waals surface area contributed by atoms with E-state index in [-0.39, 0.29) is 0 Å². The number of nitrogens with one attached hydrogen (secondary N) is 1. The summed E-state index contributed by atoms with van der Waals surface area (Å²) in [6.07, 6.45) is 8.30. The van der Waals surface area contributed by atoms with E-state index in [1.165, 1.54) is 12.8 Å². The summed E-state index contributed by atoms with van der Waals surface area (Å²) in [5, 5.41) is 18.4. The Kier molecular flexibility index (Phi) is 4.56. The third kappa shape index (κ3) is 3.30. The molecule has 0 aliphatic carbocycles. The molecule has 0 saturated carbocycles. The molecule has 3 aromatic rings. The van der Waals surface area contributed by atoms with Crippen LogP contribution in [0, 0.1) is 3.57 Å². The van der Waals surface area contributed by atoms with Crippen LogP contribution in [0.4, 0.5) is 5.82 Å². The molecule has 2 bridgehead atoms. The number of halogens is 1. The fourth-order valence-electron chi connectivity index (χ4n) is 4.68. The van der Waals surface area contributed by atoms with Crippen molar-refractivity contribution in [2.24, 2.45) is 0 Å². The van der Waals surface area contributed by atoms with Crippen molar-refractivity contribution in [3.8, 4) is 11.1 Å². The Morgan fingerprint density at radius 2 is 1.93 bits per heavy atom. The quantitative estimate of drug-likeness (QED) is 0.474. The van der Waals surface area contributed by atoms with Crippen LogP contribution in [0.5, 0.6) is 0 Å². The number of aromatic nitrogens is 4. The SMILES string of the molecule is CC(C)(O)c1ccc(-c2cnn3c(N)c(I)c([C@H]4CC5CC[C@H](C4)N5)nc23)cn1. The Labute approximate surface area is 183 Å². The summed E-state index contributed by atoms with van der Waals surface area (Å²) in [5.41, 5.74) is 9.81. The first-order chi connectivity index (χ1) is 13.8.